The first kappa shape index (κ1) is 65.0. The smallest absolute Gasteiger partial charge is 0.391 e. The van der Waals surface area contributed by atoms with Crippen LogP contribution in [0.15, 0.2) is 90.4 Å². The third-order valence-corrected chi connectivity index (χ3v) is 18.2. The number of carbonyl (C=O) groups excluding carboxylic acids is 9. The van der Waals surface area contributed by atoms with Crippen LogP contribution < -0.4 is 37.2 Å². The fraction of sp³-hybridized carbons (Fsp3) is 0.397. The fourth-order valence-electron chi connectivity index (χ4n) is 11.7. The first-order valence-electron chi connectivity index (χ1n) is 29.4. The Morgan fingerprint density at radius 2 is 1.61 bits per heavy atom. The van der Waals surface area contributed by atoms with Crippen molar-refractivity contribution in [3.05, 3.63) is 135 Å². The average Bonchev–Trinajstić information content (AvgIpc) is 1.63. The zero-order chi connectivity index (χ0) is 64.2. The SMILES string of the molecule is Cc1ncsc1-c1ccc([C@H](C)NC(=O)[C@@H]2C[C@@H](O)CN2C(=O)[C@@H](NC(=O)CCCCCc2cccc(NC(=O)[C@H](CCC(N)=O)NC(=O)[C@@H]3Cc4cccc5c4N3C(=O)[C@@H](NC(=O)c3cc4cc(C(=O)P(=O)(O)O)ccc4[nH]3)CC5)c2F)C(C)(C)C)cc1. The minimum absolute atomic E-state index is 0.0237. The van der Waals surface area contributed by atoms with Crippen molar-refractivity contribution < 1.29 is 67.0 Å². The van der Waals surface area contributed by atoms with E-state index in [-0.39, 0.29) is 74.0 Å². The number of aromatic amines is 1. The van der Waals surface area contributed by atoms with E-state index in [9.17, 15) is 62.6 Å². The molecule has 0 spiro atoms. The molecule has 6 aromatic rings. The summed E-state index contributed by atoms with van der Waals surface area (Å²) in [7, 11) is -5.09. The Hall–Kier alpha value is -8.48. The molecule has 7 atom stereocenters. The molecule has 8 amide bonds. The van der Waals surface area contributed by atoms with Crippen molar-refractivity contribution in [2.24, 2.45) is 11.1 Å². The molecule has 23 nitrogen and oxygen atoms in total. The molecule has 5 heterocycles. The molecule has 470 valence electrons. The van der Waals surface area contributed by atoms with Crippen LogP contribution in [0.3, 0.4) is 0 Å². The van der Waals surface area contributed by atoms with Crippen LogP contribution in [-0.2, 0) is 57.4 Å². The van der Waals surface area contributed by atoms with E-state index in [4.69, 9.17) is 5.73 Å². The lowest BCUT2D eigenvalue weighted by Crippen LogP contribution is -2.57. The number of hydrogen-bond donors (Lipinski definition) is 10. The Morgan fingerprint density at radius 1 is 0.888 bits per heavy atom. The van der Waals surface area contributed by atoms with E-state index in [0.717, 1.165) is 27.3 Å². The van der Waals surface area contributed by atoms with E-state index in [0.29, 0.717) is 47.8 Å². The number of nitrogens with zero attached hydrogens (tertiary/aromatic N) is 3. The van der Waals surface area contributed by atoms with Crippen molar-refractivity contribution in [3.8, 4) is 10.4 Å². The average molecular weight is 1260 g/mol. The molecule has 11 N–H and O–H groups in total. The molecule has 3 aliphatic heterocycles. The summed E-state index contributed by atoms with van der Waals surface area (Å²) in [6, 6.07) is 16.5. The van der Waals surface area contributed by atoms with Crippen LogP contribution in [-0.4, -0.2) is 125 Å². The number of halogens is 1. The first-order chi connectivity index (χ1) is 42.2. The summed E-state index contributed by atoms with van der Waals surface area (Å²) in [6.07, 6.45) is 0.457. The normalized spacial score (nSPS) is 18.3. The van der Waals surface area contributed by atoms with Gasteiger partial charge in [0.2, 0.25) is 41.4 Å². The van der Waals surface area contributed by atoms with Gasteiger partial charge in [-0.1, -0.05) is 81.8 Å². The number of thiazole rings is 1. The fourth-order valence-corrected chi connectivity index (χ4v) is 13.0. The Labute approximate surface area is 516 Å². The molecule has 1 fully saturated rings. The predicted octanol–water partition coefficient (Wildman–Crippen LogP) is 5.92. The van der Waals surface area contributed by atoms with Gasteiger partial charge < -0.3 is 57.1 Å². The number of β-amino-alcohol motifs (C(OH)–C–C–N with tert-alkyl or cyclic N) is 1. The summed E-state index contributed by atoms with van der Waals surface area (Å²) < 4.78 is 27.9. The minimum atomic E-state index is -5.09. The van der Waals surface area contributed by atoms with Gasteiger partial charge >= 0.3 is 7.60 Å². The molecule has 89 heavy (non-hydrogen) atoms. The maximum absolute atomic E-state index is 16.2. The molecule has 1 saturated heterocycles. The number of aryl methyl sites for hydroxylation is 3. The van der Waals surface area contributed by atoms with Crippen molar-refractivity contribution in [3.63, 3.8) is 0 Å². The highest BCUT2D eigenvalue weighted by Crippen LogP contribution is 2.41. The number of fused-ring (bicyclic) bond motifs is 1. The van der Waals surface area contributed by atoms with Crippen LogP contribution in [0.25, 0.3) is 21.3 Å². The van der Waals surface area contributed by atoms with E-state index < -0.39 is 114 Å². The monoisotopic (exact) mass is 1260 g/mol. The van der Waals surface area contributed by atoms with Gasteiger partial charge in [-0.3, -0.25) is 52.6 Å². The largest absolute Gasteiger partial charge is 0.396 e. The molecule has 3 aliphatic rings. The molecule has 4 aromatic carbocycles. The highest BCUT2D eigenvalue weighted by Gasteiger charge is 2.47. The molecule has 2 aromatic heterocycles. The van der Waals surface area contributed by atoms with Gasteiger partial charge in [0.25, 0.3) is 11.4 Å². The molecule has 0 unspecified atom stereocenters. The van der Waals surface area contributed by atoms with E-state index in [2.05, 4.69) is 36.6 Å². The lowest BCUT2D eigenvalue weighted by atomic mass is 9.85. The Kier molecular flexibility index (Phi) is 19.8. The van der Waals surface area contributed by atoms with Crippen molar-refractivity contribution in [1.82, 2.24) is 36.1 Å². The van der Waals surface area contributed by atoms with E-state index in [1.807, 2.05) is 38.1 Å². The highest BCUT2D eigenvalue weighted by molar-refractivity contribution is 7.70. The number of anilines is 2. The number of carbonyl (C=O) groups is 9. The van der Waals surface area contributed by atoms with Gasteiger partial charge in [-0.25, -0.2) is 9.37 Å². The topological polar surface area (TPSA) is 353 Å². The van der Waals surface area contributed by atoms with Crippen molar-refractivity contribution >= 4 is 94.0 Å². The number of H-pyrrole nitrogens is 1. The van der Waals surface area contributed by atoms with Gasteiger partial charge in [-0.05, 0) is 116 Å². The van der Waals surface area contributed by atoms with Crippen LogP contribution in [0.2, 0.25) is 0 Å². The second-order valence-electron chi connectivity index (χ2n) is 24.0. The predicted molar refractivity (Wildman–Crippen MR) is 330 cm³/mol. The van der Waals surface area contributed by atoms with Crippen LogP contribution in [0.5, 0.6) is 0 Å². The lowest BCUT2D eigenvalue weighted by molar-refractivity contribution is -0.144. The number of aliphatic hydroxyl groups excluding tert-OH is 1. The third-order valence-electron chi connectivity index (χ3n) is 16.5. The Bertz CT molecular complexity index is 3800. The number of nitrogens with one attached hydrogen (secondary N) is 6. The van der Waals surface area contributed by atoms with Gasteiger partial charge in [0.05, 0.1) is 39.6 Å². The number of nitrogens with two attached hydrogens (primary N) is 1. The second-order valence-corrected chi connectivity index (χ2v) is 26.4. The molecule has 0 bridgehead atoms. The van der Waals surface area contributed by atoms with Gasteiger partial charge in [0.1, 0.15) is 41.7 Å². The molecule has 0 aliphatic carbocycles. The summed E-state index contributed by atoms with van der Waals surface area (Å²) in [4.78, 5) is 152. The Balaban J connectivity index is 0.782. The minimum Gasteiger partial charge on any atom is -0.391 e. The maximum Gasteiger partial charge on any atom is 0.396 e. The van der Waals surface area contributed by atoms with Crippen molar-refractivity contribution in [2.45, 2.75) is 148 Å². The maximum atomic E-state index is 16.2. The van der Waals surface area contributed by atoms with Crippen LogP contribution in [0.1, 0.15) is 134 Å². The molecule has 26 heteroatoms. The van der Waals surface area contributed by atoms with Gasteiger partial charge in [0.15, 0.2) is 0 Å². The van der Waals surface area contributed by atoms with Crippen LogP contribution >= 0.6 is 18.9 Å². The van der Waals surface area contributed by atoms with Crippen molar-refractivity contribution in [2.75, 3.05) is 16.8 Å². The number of primary amides is 1. The summed E-state index contributed by atoms with van der Waals surface area (Å²) in [6.45, 7) is 9.09. The second kappa shape index (κ2) is 27.1. The lowest BCUT2D eigenvalue weighted by Gasteiger charge is -2.35. The summed E-state index contributed by atoms with van der Waals surface area (Å²) in [5, 5.41) is 24.9. The Morgan fingerprint density at radius 3 is 2.30 bits per heavy atom. The van der Waals surface area contributed by atoms with Gasteiger partial charge in [0, 0.05) is 48.7 Å². The number of rotatable bonds is 23. The number of likely N-dealkylation sites (tertiary alicyclic amines) is 1. The molecule has 0 saturated carbocycles. The number of benzene rings is 4. The van der Waals surface area contributed by atoms with Gasteiger partial charge in [-0.15, -0.1) is 11.3 Å². The molecular weight excluding hydrogens is 1190 g/mol. The van der Waals surface area contributed by atoms with Gasteiger partial charge in [-0.2, -0.15) is 0 Å². The quantitative estimate of drug-likeness (QED) is 0.0263. The number of unbranched alkanes of at least 4 members (excludes halogenated alkanes) is 2. The number of para-hydroxylation sites is 1. The number of aromatic nitrogens is 2. The summed E-state index contributed by atoms with van der Waals surface area (Å²) >= 11 is 1.54. The molecule has 0 radical (unpaired) electrons. The highest BCUT2D eigenvalue weighted by atomic mass is 32.1. The zero-order valence-corrected chi connectivity index (χ0v) is 51.5. The zero-order valence-electron chi connectivity index (χ0n) is 49.8. The summed E-state index contributed by atoms with van der Waals surface area (Å²) in [5.74, 6) is -5.85. The van der Waals surface area contributed by atoms with Crippen LogP contribution in [0, 0.1) is 18.2 Å². The number of hydrogen-bond acceptors (Lipinski definition) is 13. The molecule has 9 rings (SSSR count). The van der Waals surface area contributed by atoms with Crippen molar-refractivity contribution in [1.29, 1.82) is 0 Å². The van der Waals surface area contributed by atoms with E-state index >= 15 is 4.39 Å². The number of aliphatic hydroxyl groups is 1. The first-order valence-corrected chi connectivity index (χ1v) is 31.9. The van der Waals surface area contributed by atoms with E-state index in [1.54, 1.807) is 68.0 Å². The number of amides is 8. The summed E-state index contributed by atoms with van der Waals surface area (Å²) in [5.41, 5.74) is 9.87. The third kappa shape index (κ3) is 15.0. The van der Waals surface area contributed by atoms with Crippen LogP contribution in [0.4, 0.5) is 15.8 Å². The standard InChI is InChI=1S/C63H72FN10O13PS/c1-33(35-17-19-38(20-18-35)54-34(2)66-32-89-54)67-58(80)48-30-42(75)31-73(48)61(83)55(63(3,4)5)72-51(77)16-8-6-7-11-36-12-10-15-44(52(36)64)69-56(78)45(25-26-50(65)76)70-59(81)49-29-39-14-9-13-37-21-24-46(60(82)74(49)53(37)39)71-57(79)47-28-41-27-40(22-23-43(41)68-47)62(84)88(85,86)87/h9-10,12-15,17-20,22-23,27-28,32-33,42,45-46,48-49,55,68,75H,6-8,11,16,21,24-26,29-31H2,1-5H3,(H2,65,76)(H,67,80)(H,69,78)(H,70,81)(H,71,79)(H,72,77)(H2,85,86,87)/t33-,42+,45-,46-,48-,49-,55+/m0/s1. The van der Waals surface area contributed by atoms with E-state index in [1.165, 1.54) is 40.1 Å². The molecular formula is C63H72FN10O13PS.